The molecule has 1 rings (SSSR count). The van der Waals surface area contributed by atoms with Gasteiger partial charge in [0.1, 0.15) is 6.54 Å². The van der Waals surface area contributed by atoms with Crippen molar-refractivity contribution >= 4 is 17.8 Å². The summed E-state index contributed by atoms with van der Waals surface area (Å²) in [4.78, 5) is 37.4. The predicted octanol–water partition coefficient (Wildman–Crippen LogP) is 0.424. The van der Waals surface area contributed by atoms with Gasteiger partial charge in [0.25, 0.3) is 0 Å². The van der Waals surface area contributed by atoms with Crippen molar-refractivity contribution in [3.05, 3.63) is 0 Å². The number of likely N-dealkylation sites (N-methyl/N-ethyl adjacent to an activating group) is 1. The maximum absolute atomic E-state index is 12.0. The van der Waals surface area contributed by atoms with Crippen molar-refractivity contribution in [1.29, 1.82) is 0 Å². The van der Waals surface area contributed by atoms with E-state index in [1.807, 2.05) is 13.8 Å². The fraction of sp³-hybridized carbons (Fsp3) is 0.769. The number of piperidine rings is 1. The van der Waals surface area contributed by atoms with E-state index in [1.54, 1.807) is 4.90 Å². The number of rotatable bonds is 4. The summed E-state index contributed by atoms with van der Waals surface area (Å²) < 4.78 is 0. The molecule has 0 unspecified atom stereocenters. The van der Waals surface area contributed by atoms with Crippen molar-refractivity contribution in [2.45, 2.75) is 26.7 Å². The lowest BCUT2D eigenvalue weighted by Gasteiger charge is -2.33. The first-order valence-corrected chi connectivity index (χ1v) is 6.58. The van der Waals surface area contributed by atoms with Crippen LogP contribution >= 0.6 is 0 Å². The number of hydrogen-bond donors (Lipinski definition) is 1. The molecular formula is C13H22N2O4. The summed E-state index contributed by atoms with van der Waals surface area (Å²) in [7, 11) is 1.50. The molecule has 1 aliphatic rings. The molecule has 1 N–H and O–H groups in total. The standard InChI is InChI=1S/C13H22N2O4/c1-9(2)12(18)15-6-4-10(5-7-15)13(19)14(3)8-11(16)17/h9-10H,4-8H2,1-3H3,(H,16,17). The Morgan fingerprint density at radius 3 is 2.21 bits per heavy atom. The van der Waals surface area contributed by atoms with E-state index < -0.39 is 5.97 Å². The lowest BCUT2D eigenvalue weighted by Crippen LogP contribution is -2.45. The van der Waals surface area contributed by atoms with E-state index >= 15 is 0 Å². The molecule has 1 saturated heterocycles. The second kappa shape index (κ2) is 6.54. The molecule has 19 heavy (non-hydrogen) atoms. The van der Waals surface area contributed by atoms with Gasteiger partial charge in [0.05, 0.1) is 0 Å². The smallest absolute Gasteiger partial charge is 0.323 e. The van der Waals surface area contributed by atoms with Gasteiger partial charge in [-0.25, -0.2) is 0 Å². The first kappa shape index (κ1) is 15.5. The van der Waals surface area contributed by atoms with Crippen molar-refractivity contribution < 1.29 is 19.5 Å². The first-order chi connectivity index (χ1) is 8.82. The Labute approximate surface area is 113 Å². The number of hydrogen-bond acceptors (Lipinski definition) is 3. The van der Waals surface area contributed by atoms with E-state index in [2.05, 4.69) is 0 Å². The zero-order chi connectivity index (χ0) is 14.6. The zero-order valence-electron chi connectivity index (χ0n) is 11.8. The van der Waals surface area contributed by atoms with Gasteiger partial charge in [-0.05, 0) is 12.8 Å². The van der Waals surface area contributed by atoms with Gasteiger partial charge in [-0.1, -0.05) is 13.8 Å². The average molecular weight is 270 g/mol. The summed E-state index contributed by atoms with van der Waals surface area (Å²) in [5, 5.41) is 8.66. The van der Waals surface area contributed by atoms with Crippen molar-refractivity contribution in [3.63, 3.8) is 0 Å². The minimum absolute atomic E-state index is 0.0260. The third kappa shape index (κ3) is 4.22. The number of carbonyl (C=O) groups is 3. The third-order valence-corrected chi connectivity index (χ3v) is 3.40. The molecule has 0 aromatic heterocycles. The van der Waals surface area contributed by atoms with Crippen LogP contribution in [0.5, 0.6) is 0 Å². The van der Waals surface area contributed by atoms with E-state index in [4.69, 9.17) is 5.11 Å². The Bertz CT molecular complexity index is 360. The molecule has 0 aromatic carbocycles. The maximum atomic E-state index is 12.0. The zero-order valence-corrected chi connectivity index (χ0v) is 11.8. The highest BCUT2D eigenvalue weighted by molar-refractivity contribution is 5.83. The number of aliphatic carboxylic acids is 1. The van der Waals surface area contributed by atoms with Crippen LogP contribution < -0.4 is 0 Å². The van der Waals surface area contributed by atoms with E-state index in [-0.39, 0.29) is 30.2 Å². The highest BCUT2D eigenvalue weighted by atomic mass is 16.4. The van der Waals surface area contributed by atoms with Gasteiger partial charge in [-0.2, -0.15) is 0 Å². The Balaban J connectivity index is 2.47. The summed E-state index contributed by atoms with van der Waals surface area (Å²) >= 11 is 0. The van der Waals surface area contributed by atoms with Gasteiger partial charge in [0, 0.05) is 32.0 Å². The molecule has 0 atom stereocenters. The third-order valence-electron chi connectivity index (χ3n) is 3.40. The molecule has 0 radical (unpaired) electrons. The fourth-order valence-corrected chi connectivity index (χ4v) is 2.30. The van der Waals surface area contributed by atoms with Crippen LogP contribution in [0.1, 0.15) is 26.7 Å². The van der Waals surface area contributed by atoms with Crippen LogP contribution in [0.4, 0.5) is 0 Å². The van der Waals surface area contributed by atoms with Gasteiger partial charge in [0.15, 0.2) is 0 Å². The second-order valence-corrected chi connectivity index (χ2v) is 5.34. The molecule has 2 amide bonds. The molecule has 0 aliphatic carbocycles. The largest absolute Gasteiger partial charge is 0.480 e. The van der Waals surface area contributed by atoms with Crippen molar-refractivity contribution in [3.8, 4) is 0 Å². The molecule has 0 bridgehead atoms. The van der Waals surface area contributed by atoms with Crippen LogP contribution in [-0.2, 0) is 14.4 Å². The number of amides is 2. The normalized spacial score (nSPS) is 16.5. The Morgan fingerprint density at radius 2 is 1.79 bits per heavy atom. The Morgan fingerprint density at radius 1 is 1.26 bits per heavy atom. The SMILES string of the molecule is CC(C)C(=O)N1CCC(C(=O)N(C)CC(=O)O)CC1. The van der Waals surface area contributed by atoms with Crippen LogP contribution in [0.15, 0.2) is 0 Å². The van der Waals surface area contributed by atoms with Crippen LogP contribution in [0.3, 0.4) is 0 Å². The van der Waals surface area contributed by atoms with Gasteiger partial charge in [-0.3, -0.25) is 14.4 Å². The Hall–Kier alpha value is -1.59. The molecule has 0 aromatic rings. The summed E-state index contributed by atoms with van der Waals surface area (Å²) in [5.74, 6) is -1.23. The van der Waals surface area contributed by atoms with E-state index in [1.165, 1.54) is 11.9 Å². The molecule has 0 saturated carbocycles. The fourth-order valence-electron chi connectivity index (χ4n) is 2.30. The predicted molar refractivity (Wildman–Crippen MR) is 69.4 cm³/mol. The van der Waals surface area contributed by atoms with Crippen molar-refractivity contribution in [1.82, 2.24) is 9.80 Å². The highest BCUT2D eigenvalue weighted by Gasteiger charge is 2.30. The number of carbonyl (C=O) groups excluding carboxylic acids is 2. The van der Waals surface area contributed by atoms with Crippen LogP contribution in [0.2, 0.25) is 0 Å². The molecule has 1 heterocycles. The first-order valence-electron chi connectivity index (χ1n) is 6.58. The van der Waals surface area contributed by atoms with Crippen LogP contribution in [0, 0.1) is 11.8 Å². The molecule has 1 fully saturated rings. The van der Waals surface area contributed by atoms with Crippen molar-refractivity contribution in [2.75, 3.05) is 26.7 Å². The molecule has 6 nitrogen and oxygen atoms in total. The number of nitrogens with zero attached hydrogens (tertiary/aromatic N) is 2. The van der Waals surface area contributed by atoms with Gasteiger partial charge in [0.2, 0.25) is 11.8 Å². The summed E-state index contributed by atoms with van der Waals surface area (Å²) in [6, 6.07) is 0. The van der Waals surface area contributed by atoms with Crippen LogP contribution in [-0.4, -0.2) is 59.4 Å². The minimum Gasteiger partial charge on any atom is -0.480 e. The van der Waals surface area contributed by atoms with E-state index in [0.29, 0.717) is 25.9 Å². The maximum Gasteiger partial charge on any atom is 0.323 e. The average Bonchev–Trinajstić information content (AvgIpc) is 2.36. The summed E-state index contributed by atoms with van der Waals surface area (Å²) in [6.07, 6.45) is 1.22. The molecule has 1 aliphatic heterocycles. The lowest BCUT2D eigenvalue weighted by atomic mass is 9.94. The Kier molecular flexibility index (Phi) is 5.32. The lowest BCUT2D eigenvalue weighted by molar-refractivity contribution is -0.146. The molecule has 6 heteroatoms. The van der Waals surface area contributed by atoms with E-state index in [9.17, 15) is 14.4 Å². The monoisotopic (exact) mass is 270 g/mol. The van der Waals surface area contributed by atoms with Gasteiger partial charge in [-0.15, -0.1) is 0 Å². The van der Waals surface area contributed by atoms with Gasteiger partial charge < -0.3 is 14.9 Å². The minimum atomic E-state index is -1.01. The molecular weight excluding hydrogens is 248 g/mol. The van der Waals surface area contributed by atoms with E-state index in [0.717, 1.165) is 0 Å². The molecule has 0 spiro atoms. The number of carboxylic acids is 1. The molecule has 108 valence electrons. The van der Waals surface area contributed by atoms with Crippen LogP contribution in [0.25, 0.3) is 0 Å². The topological polar surface area (TPSA) is 77.9 Å². The number of carboxylic acid groups (broad SMARTS) is 1. The quantitative estimate of drug-likeness (QED) is 0.803. The van der Waals surface area contributed by atoms with Crippen molar-refractivity contribution in [2.24, 2.45) is 11.8 Å². The summed E-state index contributed by atoms with van der Waals surface area (Å²) in [5.41, 5.74) is 0. The highest BCUT2D eigenvalue weighted by Crippen LogP contribution is 2.20. The van der Waals surface area contributed by atoms with Gasteiger partial charge >= 0.3 is 5.97 Å². The summed E-state index contributed by atoms with van der Waals surface area (Å²) in [6.45, 7) is 4.60. The number of likely N-dealkylation sites (tertiary alicyclic amines) is 1. The second-order valence-electron chi connectivity index (χ2n) is 5.34.